The lowest BCUT2D eigenvalue weighted by molar-refractivity contribution is -0.384. The van der Waals surface area contributed by atoms with E-state index in [9.17, 15) is 14.5 Å². The molecule has 0 aliphatic carbocycles. The molecule has 1 heterocycles. The summed E-state index contributed by atoms with van der Waals surface area (Å²) < 4.78 is 14.0. The minimum Gasteiger partial charge on any atom is -0.375 e. The molecule has 0 amide bonds. The van der Waals surface area contributed by atoms with Gasteiger partial charge in [-0.25, -0.2) is 4.39 Å². The number of nitro benzene ring substituents is 1. The van der Waals surface area contributed by atoms with Crippen molar-refractivity contribution < 1.29 is 9.31 Å². The Hall–Kier alpha value is -1.37. The van der Waals surface area contributed by atoms with Crippen LogP contribution in [0.15, 0.2) is 24.3 Å². The third-order valence-corrected chi connectivity index (χ3v) is 3.84. The summed E-state index contributed by atoms with van der Waals surface area (Å²) in [5.41, 5.74) is -0.189. The number of rotatable bonds is 4. The first-order chi connectivity index (χ1) is 8.97. The van der Waals surface area contributed by atoms with Crippen LogP contribution in [-0.4, -0.2) is 4.92 Å². The highest BCUT2D eigenvalue weighted by molar-refractivity contribution is 7.16. The number of hydrogen-bond donors (Lipinski definition) is 1. The van der Waals surface area contributed by atoms with Crippen molar-refractivity contribution in [2.45, 2.75) is 6.54 Å². The van der Waals surface area contributed by atoms with E-state index in [2.05, 4.69) is 5.32 Å². The SMILES string of the molecule is O=[N+]([O-])c1cc(Cl)c(F)cc1NCc1ccc(Cl)s1. The molecule has 0 atom stereocenters. The Morgan fingerprint density at radius 1 is 1.37 bits per heavy atom. The largest absolute Gasteiger partial charge is 0.375 e. The molecule has 0 radical (unpaired) electrons. The lowest BCUT2D eigenvalue weighted by Gasteiger charge is -2.06. The Balaban J connectivity index is 2.23. The second-order valence-corrected chi connectivity index (χ2v) is 5.81. The maximum absolute atomic E-state index is 13.3. The van der Waals surface area contributed by atoms with E-state index >= 15 is 0 Å². The first-order valence-corrected chi connectivity index (χ1v) is 6.66. The monoisotopic (exact) mass is 320 g/mol. The predicted molar refractivity (Wildman–Crippen MR) is 74.7 cm³/mol. The highest BCUT2D eigenvalue weighted by Gasteiger charge is 2.17. The number of nitrogens with one attached hydrogen (secondary N) is 1. The number of thiophene rings is 1. The van der Waals surface area contributed by atoms with Crippen molar-refractivity contribution in [3.63, 3.8) is 0 Å². The molecule has 0 unspecified atom stereocenters. The summed E-state index contributed by atoms with van der Waals surface area (Å²) in [4.78, 5) is 11.1. The highest BCUT2D eigenvalue weighted by Crippen LogP contribution is 2.31. The summed E-state index contributed by atoms with van der Waals surface area (Å²) >= 11 is 12.6. The Bertz CT molecular complexity index is 633. The molecule has 0 spiro atoms. The van der Waals surface area contributed by atoms with Gasteiger partial charge in [0.15, 0.2) is 0 Å². The summed E-state index contributed by atoms with van der Waals surface area (Å²) in [6.07, 6.45) is 0. The van der Waals surface area contributed by atoms with Crippen molar-refractivity contribution in [2.75, 3.05) is 5.32 Å². The predicted octanol–water partition coefficient (Wildman–Crippen LogP) is 4.71. The standard InChI is InChI=1S/C11H7Cl2FN2O2S/c12-7-3-10(16(17)18)9(4-8(7)14)15-5-6-1-2-11(13)19-6/h1-4,15H,5H2. The lowest BCUT2D eigenvalue weighted by Crippen LogP contribution is -2.02. The topological polar surface area (TPSA) is 55.2 Å². The third kappa shape index (κ3) is 3.34. The Kier molecular flexibility index (Phi) is 4.24. The van der Waals surface area contributed by atoms with Crippen molar-refractivity contribution in [1.29, 1.82) is 0 Å². The zero-order chi connectivity index (χ0) is 14.0. The normalized spacial score (nSPS) is 10.5. The first kappa shape index (κ1) is 14.0. The van der Waals surface area contributed by atoms with Gasteiger partial charge < -0.3 is 5.32 Å². The summed E-state index contributed by atoms with van der Waals surface area (Å²) in [7, 11) is 0. The first-order valence-electron chi connectivity index (χ1n) is 5.09. The molecule has 0 saturated carbocycles. The maximum Gasteiger partial charge on any atom is 0.294 e. The molecule has 0 fully saturated rings. The lowest BCUT2D eigenvalue weighted by atomic mass is 10.2. The molecule has 0 aliphatic rings. The van der Waals surface area contributed by atoms with Gasteiger partial charge in [-0.15, -0.1) is 11.3 Å². The van der Waals surface area contributed by atoms with Crippen LogP contribution in [0.25, 0.3) is 0 Å². The minimum absolute atomic E-state index is 0.0800. The molecular weight excluding hydrogens is 314 g/mol. The number of nitrogens with zero attached hydrogens (tertiary/aromatic N) is 1. The molecule has 2 rings (SSSR count). The molecule has 4 nitrogen and oxygen atoms in total. The van der Waals surface area contributed by atoms with Gasteiger partial charge in [0.1, 0.15) is 11.5 Å². The van der Waals surface area contributed by atoms with Crippen LogP contribution in [0, 0.1) is 15.9 Å². The van der Waals surface area contributed by atoms with E-state index in [0.717, 1.165) is 17.0 Å². The van der Waals surface area contributed by atoms with Gasteiger partial charge in [-0.1, -0.05) is 23.2 Å². The van der Waals surface area contributed by atoms with E-state index in [1.165, 1.54) is 11.3 Å². The highest BCUT2D eigenvalue weighted by atomic mass is 35.5. The van der Waals surface area contributed by atoms with Crippen molar-refractivity contribution in [2.24, 2.45) is 0 Å². The average molecular weight is 321 g/mol. The number of nitro groups is 1. The van der Waals surface area contributed by atoms with Gasteiger partial charge in [0, 0.05) is 23.6 Å². The van der Waals surface area contributed by atoms with Gasteiger partial charge >= 0.3 is 0 Å². The molecular formula is C11H7Cl2FN2O2S. The van der Waals surface area contributed by atoms with Gasteiger partial charge in [0.2, 0.25) is 0 Å². The number of hydrogen-bond acceptors (Lipinski definition) is 4. The molecule has 100 valence electrons. The van der Waals surface area contributed by atoms with Crippen LogP contribution in [0.4, 0.5) is 15.8 Å². The molecule has 1 aromatic heterocycles. The van der Waals surface area contributed by atoms with E-state index in [4.69, 9.17) is 23.2 Å². The quantitative estimate of drug-likeness (QED) is 0.655. The Morgan fingerprint density at radius 2 is 2.11 bits per heavy atom. The maximum atomic E-state index is 13.3. The van der Waals surface area contributed by atoms with Crippen LogP contribution in [0.5, 0.6) is 0 Å². The fourth-order valence-electron chi connectivity index (χ4n) is 1.46. The average Bonchev–Trinajstić information content (AvgIpc) is 2.76. The molecule has 1 N–H and O–H groups in total. The van der Waals surface area contributed by atoms with E-state index in [0.29, 0.717) is 10.9 Å². The second-order valence-electron chi connectivity index (χ2n) is 3.60. The molecule has 19 heavy (non-hydrogen) atoms. The molecule has 0 bridgehead atoms. The van der Waals surface area contributed by atoms with Crippen LogP contribution in [0.2, 0.25) is 9.36 Å². The summed E-state index contributed by atoms with van der Waals surface area (Å²) in [5, 5.41) is 13.4. The van der Waals surface area contributed by atoms with Gasteiger partial charge in [-0.2, -0.15) is 0 Å². The van der Waals surface area contributed by atoms with E-state index in [1.807, 2.05) is 0 Å². The molecule has 0 aliphatic heterocycles. The van der Waals surface area contributed by atoms with Gasteiger partial charge in [-0.3, -0.25) is 10.1 Å². The Labute approximate surface area is 121 Å². The van der Waals surface area contributed by atoms with Crippen molar-refractivity contribution in [3.8, 4) is 0 Å². The molecule has 2 aromatic rings. The van der Waals surface area contributed by atoms with E-state index in [-0.39, 0.29) is 16.4 Å². The van der Waals surface area contributed by atoms with Crippen molar-refractivity contribution in [1.82, 2.24) is 0 Å². The number of anilines is 1. The zero-order valence-corrected chi connectivity index (χ0v) is 11.7. The summed E-state index contributed by atoms with van der Waals surface area (Å²) in [6, 6.07) is 5.51. The number of halogens is 3. The van der Waals surface area contributed by atoms with Crippen molar-refractivity contribution in [3.05, 3.63) is 54.4 Å². The smallest absolute Gasteiger partial charge is 0.294 e. The van der Waals surface area contributed by atoms with E-state index < -0.39 is 10.7 Å². The Morgan fingerprint density at radius 3 is 2.68 bits per heavy atom. The molecule has 8 heteroatoms. The fourth-order valence-corrected chi connectivity index (χ4v) is 2.64. The van der Waals surface area contributed by atoms with Crippen molar-refractivity contribution >= 4 is 45.9 Å². The fraction of sp³-hybridized carbons (Fsp3) is 0.0909. The van der Waals surface area contributed by atoms with Crippen LogP contribution in [0.1, 0.15) is 4.88 Å². The van der Waals surface area contributed by atoms with Crippen LogP contribution >= 0.6 is 34.5 Å². The second kappa shape index (κ2) is 5.73. The third-order valence-electron chi connectivity index (χ3n) is 2.32. The minimum atomic E-state index is -0.709. The van der Waals surface area contributed by atoms with Crippen LogP contribution in [0.3, 0.4) is 0 Å². The van der Waals surface area contributed by atoms with E-state index in [1.54, 1.807) is 12.1 Å². The number of benzene rings is 1. The molecule has 0 saturated heterocycles. The molecule has 1 aromatic carbocycles. The summed E-state index contributed by atoms with van der Waals surface area (Å²) in [5.74, 6) is -0.709. The van der Waals surface area contributed by atoms with Crippen LogP contribution in [-0.2, 0) is 6.54 Å². The van der Waals surface area contributed by atoms with Crippen LogP contribution < -0.4 is 5.32 Å². The van der Waals surface area contributed by atoms with Gasteiger partial charge in [0.25, 0.3) is 5.69 Å². The van der Waals surface area contributed by atoms with Gasteiger partial charge in [0.05, 0.1) is 14.3 Å². The van der Waals surface area contributed by atoms with Gasteiger partial charge in [-0.05, 0) is 12.1 Å². The summed E-state index contributed by atoms with van der Waals surface area (Å²) in [6.45, 7) is 0.319. The zero-order valence-electron chi connectivity index (χ0n) is 9.32.